The third-order valence-electron chi connectivity index (χ3n) is 8.26. The van der Waals surface area contributed by atoms with Gasteiger partial charge in [-0.05, 0) is 79.6 Å². The quantitative estimate of drug-likeness (QED) is 0.788. The molecule has 4 aliphatic rings. The molecule has 3 fully saturated rings. The van der Waals surface area contributed by atoms with Crippen LogP contribution < -0.4 is 0 Å². The number of hydrogen-bond acceptors (Lipinski definition) is 2. The molecule has 1 unspecified atom stereocenters. The van der Waals surface area contributed by atoms with Crippen LogP contribution in [0.25, 0.3) is 0 Å². The molecule has 0 aromatic heterocycles. The van der Waals surface area contributed by atoms with Gasteiger partial charge in [0.05, 0.1) is 5.92 Å². The van der Waals surface area contributed by atoms with Gasteiger partial charge in [-0.1, -0.05) is 19.4 Å². The second-order valence-electron chi connectivity index (χ2n) is 8.98. The molecule has 4 aliphatic carbocycles. The van der Waals surface area contributed by atoms with Crippen molar-refractivity contribution < 1.29 is 14.7 Å². The van der Waals surface area contributed by atoms with Gasteiger partial charge in [0.1, 0.15) is 0 Å². The lowest BCUT2D eigenvalue weighted by atomic mass is 9.47. The standard InChI is InChI=1S/C20H28O3/c1-19-9-7-13(21)11-12(19)3-4-14-15-5-6-17(18(22)23)20(15,2)10-8-16(14)19/h11,14-17H,3-10H2,1-2H3,(H,22,23)/t14-,15-,16?,17+,19-,20-/m0/s1. The zero-order valence-electron chi connectivity index (χ0n) is 14.3. The molecule has 23 heavy (non-hydrogen) atoms. The van der Waals surface area contributed by atoms with E-state index in [9.17, 15) is 14.7 Å². The van der Waals surface area contributed by atoms with E-state index < -0.39 is 5.97 Å². The Morgan fingerprint density at radius 1 is 1.09 bits per heavy atom. The molecular weight excluding hydrogens is 288 g/mol. The van der Waals surface area contributed by atoms with E-state index in [1.165, 1.54) is 5.57 Å². The first kappa shape index (κ1) is 15.4. The van der Waals surface area contributed by atoms with Crippen molar-refractivity contribution in [1.82, 2.24) is 0 Å². The maximum Gasteiger partial charge on any atom is 0.307 e. The number of fused-ring (bicyclic) bond motifs is 5. The highest BCUT2D eigenvalue weighted by molar-refractivity contribution is 5.91. The molecule has 0 aromatic rings. The molecule has 0 spiro atoms. The van der Waals surface area contributed by atoms with Crippen LogP contribution in [-0.2, 0) is 9.59 Å². The first-order valence-electron chi connectivity index (χ1n) is 9.33. The molecule has 3 saturated carbocycles. The summed E-state index contributed by atoms with van der Waals surface area (Å²) >= 11 is 0. The number of aliphatic carboxylic acids is 1. The number of carboxylic acids is 1. The first-order chi connectivity index (χ1) is 10.9. The summed E-state index contributed by atoms with van der Waals surface area (Å²) in [5, 5.41) is 9.63. The molecule has 3 heteroatoms. The monoisotopic (exact) mass is 316 g/mol. The minimum Gasteiger partial charge on any atom is -0.481 e. The predicted molar refractivity (Wildman–Crippen MR) is 87.8 cm³/mol. The second-order valence-corrected chi connectivity index (χ2v) is 8.98. The average Bonchev–Trinajstić information content (AvgIpc) is 2.85. The van der Waals surface area contributed by atoms with Crippen molar-refractivity contribution in [1.29, 1.82) is 0 Å². The molecule has 4 rings (SSSR count). The van der Waals surface area contributed by atoms with Gasteiger partial charge in [0.2, 0.25) is 0 Å². The van der Waals surface area contributed by atoms with Crippen LogP contribution in [0.1, 0.15) is 65.2 Å². The molecule has 0 saturated heterocycles. The highest BCUT2D eigenvalue weighted by atomic mass is 16.4. The summed E-state index contributed by atoms with van der Waals surface area (Å²) in [4.78, 5) is 23.5. The van der Waals surface area contributed by atoms with E-state index in [4.69, 9.17) is 0 Å². The van der Waals surface area contributed by atoms with Crippen molar-refractivity contribution in [3.8, 4) is 0 Å². The normalized spacial score (nSPS) is 49.0. The summed E-state index contributed by atoms with van der Waals surface area (Å²) in [5.41, 5.74) is 1.58. The molecule has 3 nitrogen and oxygen atoms in total. The van der Waals surface area contributed by atoms with Gasteiger partial charge in [0.15, 0.2) is 5.78 Å². The Morgan fingerprint density at radius 3 is 2.61 bits per heavy atom. The Hall–Kier alpha value is -1.12. The molecule has 1 N–H and O–H groups in total. The van der Waals surface area contributed by atoms with Gasteiger partial charge in [-0.3, -0.25) is 9.59 Å². The molecule has 126 valence electrons. The van der Waals surface area contributed by atoms with Crippen LogP contribution in [0.2, 0.25) is 0 Å². The van der Waals surface area contributed by atoms with Crippen molar-refractivity contribution in [2.45, 2.75) is 65.2 Å². The Kier molecular flexibility index (Phi) is 3.31. The summed E-state index contributed by atoms with van der Waals surface area (Å²) in [7, 11) is 0. The molecule has 0 heterocycles. The van der Waals surface area contributed by atoms with Crippen LogP contribution in [-0.4, -0.2) is 16.9 Å². The molecular formula is C20H28O3. The number of carboxylic acid groups (broad SMARTS) is 1. The summed E-state index contributed by atoms with van der Waals surface area (Å²) in [5.74, 6) is 1.46. The molecule has 6 atom stereocenters. The van der Waals surface area contributed by atoms with E-state index >= 15 is 0 Å². The summed E-state index contributed by atoms with van der Waals surface area (Å²) in [6.45, 7) is 4.63. The molecule has 0 aromatic carbocycles. The number of carbonyl (C=O) groups is 2. The lowest BCUT2D eigenvalue weighted by Gasteiger charge is -2.57. The third-order valence-corrected chi connectivity index (χ3v) is 8.26. The number of hydrogen-bond donors (Lipinski definition) is 1. The maximum absolute atomic E-state index is 11.8. The molecule has 0 aliphatic heterocycles. The topological polar surface area (TPSA) is 54.4 Å². The van der Waals surface area contributed by atoms with Gasteiger partial charge >= 0.3 is 5.97 Å². The van der Waals surface area contributed by atoms with E-state index in [1.54, 1.807) is 0 Å². The average molecular weight is 316 g/mol. The van der Waals surface area contributed by atoms with E-state index in [2.05, 4.69) is 13.8 Å². The van der Waals surface area contributed by atoms with Crippen LogP contribution in [0, 0.1) is 34.5 Å². The highest BCUT2D eigenvalue weighted by Crippen LogP contribution is 2.66. The van der Waals surface area contributed by atoms with Crippen LogP contribution in [0.5, 0.6) is 0 Å². The lowest BCUT2D eigenvalue weighted by Crippen LogP contribution is -2.51. The Bertz CT molecular complexity index is 592. The minimum atomic E-state index is -0.584. The van der Waals surface area contributed by atoms with Gasteiger partial charge in [-0.25, -0.2) is 0 Å². The predicted octanol–water partition coefficient (Wildman–Crippen LogP) is 4.22. The fourth-order valence-corrected chi connectivity index (χ4v) is 6.97. The fourth-order valence-electron chi connectivity index (χ4n) is 6.97. The highest BCUT2D eigenvalue weighted by Gasteiger charge is 2.60. The van der Waals surface area contributed by atoms with Crippen molar-refractivity contribution in [3.63, 3.8) is 0 Å². The van der Waals surface area contributed by atoms with Gasteiger partial charge in [-0.15, -0.1) is 0 Å². The smallest absolute Gasteiger partial charge is 0.307 e. The van der Waals surface area contributed by atoms with Crippen LogP contribution >= 0.6 is 0 Å². The first-order valence-corrected chi connectivity index (χ1v) is 9.33. The van der Waals surface area contributed by atoms with Crippen LogP contribution in [0.3, 0.4) is 0 Å². The SMILES string of the molecule is C[C@]12CCC3[C@@H](CCC4=CC(=O)CC[C@@]43C)[C@@H]1CC[C@@H]2C(=O)O. The van der Waals surface area contributed by atoms with E-state index in [0.717, 1.165) is 44.9 Å². The van der Waals surface area contributed by atoms with E-state index in [0.29, 0.717) is 30.0 Å². The third kappa shape index (κ3) is 2.01. The minimum absolute atomic E-state index is 0.00490. The molecule has 0 amide bonds. The maximum atomic E-state index is 11.8. The van der Waals surface area contributed by atoms with Crippen molar-refractivity contribution in [2.24, 2.45) is 34.5 Å². The number of ketones is 1. The largest absolute Gasteiger partial charge is 0.481 e. The Morgan fingerprint density at radius 2 is 1.87 bits per heavy atom. The van der Waals surface area contributed by atoms with Crippen LogP contribution in [0.4, 0.5) is 0 Å². The van der Waals surface area contributed by atoms with Gasteiger partial charge in [-0.2, -0.15) is 0 Å². The lowest BCUT2D eigenvalue weighted by molar-refractivity contribution is -0.149. The number of allylic oxidation sites excluding steroid dienone is 1. The van der Waals surface area contributed by atoms with Crippen molar-refractivity contribution in [3.05, 3.63) is 11.6 Å². The molecule has 0 radical (unpaired) electrons. The Balaban J connectivity index is 1.67. The van der Waals surface area contributed by atoms with E-state index in [1.807, 2.05) is 6.08 Å². The molecule has 0 bridgehead atoms. The van der Waals surface area contributed by atoms with Crippen molar-refractivity contribution >= 4 is 11.8 Å². The van der Waals surface area contributed by atoms with E-state index in [-0.39, 0.29) is 16.7 Å². The summed E-state index contributed by atoms with van der Waals surface area (Å²) < 4.78 is 0. The fraction of sp³-hybridized carbons (Fsp3) is 0.800. The van der Waals surface area contributed by atoms with Crippen molar-refractivity contribution in [2.75, 3.05) is 0 Å². The summed E-state index contributed by atoms with van der Waals surface area (Å²) in [6.07, 6.45) is 9.99. The van der Waals surface area contributed by atoms with Gasteiger partial charge in [0.25, 0.3) is 0 Å². The summed E-state index contributed by atoms with van der Waals surface area (Å²) in [6, 6.07) is 0. The van der Waals surface area contributed by atoms with Gasteiger partial charge in [0, 0.05) is 6.42 Å². The van der Waals surface area contributed by atoms with Crippen LogP contribution in [0.15, 0.2) is 11.6 Å². The second kappa shape index (κ2) is 4.94. The Labute approximate surface area is 138 Å². The zero-order valence-corrected chi connectivity index (χ0v) is 14.3. The number of carbonyl (C=O) groups excluding carboxylic acids is 1. The number of rotatable bonds is 1. The van der Waals surface area contributed by atoms with Gasteiger partial charge < -0.3 is 5.11 Å². The zero-order chi connectivity index (χ0) is 16.4.